The molecule has 73 heavy (non-hydrogen) atoms. The third kappa shape index (κ3) is 5.96. The zero-order chi connectivity index (χ0) is 49.1. The normalized spacial score (nSPS) is 18.9. The van der Waals surface area contributed by atoms with Gasteiger partial charge in [0, 0.05) is 65.8 Å². The number of hydrogen-bond acceptors (Lipinski definition) is 5. The first kappa shape index (κ1) is 43.1. The third-order valence-electron chi connectivity index (χ3n) is 17.8. The van der Waals surface area contributed by atoms with Gasteiger partial charge in [-0.3, -0.25) is 0 Å². The van der Waals surface area contributed by atoms with E-state index in [0.29, 0.717) is 0 Å². The molecule has 9 aromatic carbocycles. The molecule has 2 aromatic heterocycles. The molecule has 0 radical (unpaired) electrons. The van der Waals surface area contributed by atoms with Gasteiger partial charge in [-0.1, -0.05) is 156 Å². The monoisotopic (exact) mass is 961 g/mol. The first-order valence-electron chi connectivity index (χ1n) is 26.3. The van der Waals surface area contributed by atoms with Crippen LogP contribution in [0.5, 0.6) is 0 Å². The summed E-state index contributed by atoms with van der Waals surface area (Å²) >= 11 is 1.91. The first-order valence-corrected chi connectivity index (χ1v) is 27.1. The van der Waals surface area contributed by atoms with Crippen LogP contribution in [0.15, 0.2) is 186 Å². The van der Waals surface area contributed by atoms with Gasteiger partial charge in [-0.15, -0.1) is 11.3 Å². The molecule has 4 aliphatic rings. The molecule has 11 aromatic rings. The number of thiophene rings is 1. The molecular formula is C67H56BN3OS. The zero-order valence-electron chi connectivity index (χ0n) is 42.4. The van der Waals surface area contributed by atoms with Crippen molar-refractivity contribution in [2.24, 2.45) is 0 Å². The highest BCUT2D eigenvalue weighted by Crippen LogP contribution is 2.62. The average molecular weight is 962 g/mol. The van der Waals surface area contributed by atoms with Crippen LogP contribution in [-0.4, -0.2) is 12.3 Å². The minimum Gasteiger partial charge on any atom is -0.454 e. The Bertz CT molecular complexity index is 4130. The molecule has 2 unspecified atom stereocenters. The van der Waals surface area contributed by atoms with E-state index >= 15 is 0 Å². The van der Waals surface area contributed by atoms with Gasteiger partial charge in [0.1, 0.15) is 5.58 Å². The van der Waals surface area contributed by atoms with Crippen LogP contribution in [0.1, 0.15) is 77.0 Å². The number of benzene rings is 9. The van der Waals surface area contributed by atoms with E-state index in [2.05, 4.69) is 238 Å². The molecule has 0 N–H and O–H groups in total. The second-order valence-corrected chi connectivity index (χ2v) is 23.9. The largest absolute Gasteiger partial charge is 0.454 e. The van der Waals surface area contributed by atoms with Gasteiger partial charge >= 0.3 is 0 Å². The predicted molar refractivity (Wildman–Crippen MR) is 312 cm³/mol. The molecule has 6 heteroatoms. The maximum atomic E-state index is 6.91. The molecule has 3 aliphatic heterocycles. The van der Waals surface area contributed by atoms with E-state index < -0.39 is 0 Å². The second kappa shape index (κ2) is 15.3. The Hall–Kier alpha value is -7.54. The van der Waals surface area contributed by atoms with Crippen LogP contribution in [0.2, 0.25) is 0 Å². The van der Waals surface area contributed by atoms with Crippen molar-refractivity contribution < 1.29 is 4.42 Å². The Labute approximate surface area is 432 Å². The van der Waals surface area contributed by atoms with Gasteiger partial charge < -0.3 is 19.1 Å². The summed E-state index contributed by atoms with van der Waals surface area (Å²) in [4.78, 5) is 7.96. The molecule has 1 fully saturated rings. The average Bonchev–Trinajstić information content (AvgIpc) is 4.04. The van der Waals surface area contributed by atoms with E-state index in [9.17, 15) is 0 Å². The minimum absolute atomic E-state index is 0.0277. The van der Waals surface area contributed by atoms with Crippen molar-refractivity contribution >= 4 is 122 Å². The highest BCUT2D eigenvalue weighted by molar-refractivity contribution is 7.26. The summed E-state index contributed by atoms with van der Waals surface area (Å²) in [6.45, 7) is 14.4. The van der Waals surface area contributed by atoms with Gasteiger partial charge in [0.2, 0.25) is 0 Å². The fourth-order valence-electron chi connectivity index (χ4n) is 14.0. The molecule has 1 aliphatic carbocycles. The summed E-state index contributed by atoms with van der Waals surface area (Å²) in [5.41, 5.74) is 21.9. The third-order valence-corrected chi connectivity index (χ3v) is 19.0. The molecule has 0 bridgehead atoms. The zero-order valence-corrected chi connectivity index (χ0v) is 43.2. The lowest BCUT2D eigenvalue weighted by atomic mass is 9.33. The summed E-state index contributed by atoms with van der Waals surface area (Å²) in [6.07, 6.45) is 4.75. The van der Waals surface area contributed by atoms with Crippen molar-refractivity contribution in [2.75, 3.05) is 14.7 Å². The number of rotatable bonds is 4. The molecule has 0 saturated heterocycles. The molecule has 4 nitrogen and oxygen atoms in total. The maximum absolute atomic E-state index is 6.91. The van der Waals surface area contributed by atoms with Crippen LogP contribution in [0, 0.1) is 6.92 Å². The fourth-order valence-corrected chi connectivity index (χ4v) is 15.2. The Morgan fingerprint density at radius 3 is 2.05 bits per heavy atom. The van der Waals surface area contributed by atoms with E-state index in [1.165, 1.54) is 123 Å². The highest BCUT2D eigenvalue weighted by atomic mass is 32.1. The quantitative estimate of drug-likeness (QED) is 0.164. The number of nitrogens with zero attached hydrogens (tertiary/aromatic N) is 3. The molecular weight excluding hydrogens is 906 g/mol. The van der Waals surface area contributed by atoms with Gasteiger partial charge in [-0.25, -0.2) is 0 Å². The SMILES string of the molecule is Cc1cc2c3c(c1)N(c1cccc4c1sc1ccccc14)c1cc(N4c5ccc(-c6ccccc6)cc5C5(C)CCCCC45C)ccc1B3c1cc(C(C)(C)C)ccc1N2c1cccc2c1oc1ccccc12. The predicted octanol–water partition coefficient (Wildman–Crippen LogP) is 17.1. The Morgan fingerprint density at radius 1 is 0.534 bits per heavy atom. The van der Waals surface area contributed by atoms with Gasteiger partial charge in [0.25, 0.3) is 6.71 Å². The molecule has 5 heterocycles. The van der Waals surface area contributed by atoms with Crippen LogP contribution in [-0.2, 0) is 10.8 Å². The lowest BCUT2D eigenvalue weighted by molar-refractivity contribution is 0.195. The van der Waals surface area contributed by atoms with E-state index in [-0.39, 0.29) is 23.1 Å². The molecule has 2 atom stereocenters. The van der Waals surface area contributed by atoms with Crippen molar-refractivity contribution in [3.63, 3.8) is 0 Å². The molecule has 1 saturated carbocycles. The topological polar surface area (TPSA) is 22.9 Å². The summed E-state index contributed by atoms with van der Waals surface area (Å²) < 4.78 is 9.52. The Balaban J connectivity index is 1.02. The standard InChI is InChI=1S/C67H56BN3OS/c1-41-36-58-62-59(37-41)70(56-25-17-23-49-47-21-11-13-27-61(47)73-64(49)56)57-40-45(71-53-32-28-43(42-18-8-7-9-19-42)38-50(53)66(5)34-14-15-35-67(66,71)6)30-31-51(57)68(62)52-39-44(65(2,3)4)29-33-54(52)69(58)55-24-16-22-48-46-20-10-12-26-60(46)72-63(48)55/h7-13,16-33,36-40H,14-15,34-35H2,1-6H3. The number of fused-ring (bicyclic) bond motifs is 13. The summed E-state index contributed by atoms with van der Waals surface area (Å²) in [6, 6.07) is 69.1. The lowest BCUT2D eigenvalue weighted by Gasteiger charge is -2.50. The highest BCUT2D eigenvalue weighted by Gasteiger charge is 2.58. The van der Waals surface area contributed by atoms with Crippen molar-refractivity contribution in [3.05, 3.63) is 199 Å². The van der Waals surface area contributed by atoms with Gasteiger partial charge in [0.15, 0.2) is 5.58 Å². The number of aryl methyl sites for hydroxylation is 1. The molecule has 0 amide bonds. The number of furan rings is 1. The van der Waals surface area contributed by atoms with Crippen molar-refractivity contribution in [1.29, 1.82) is 0 Å². The lowest BCUT2D eigenvalue weighted by Crippen LogP contribution is -2.61. The summed E-state index contributed by atoms with van der Waals surface area (Å²) in [7, 11) is 0. The number of para-hydroxylation sites is 2. The Morgan fingerprint density at radius 2 is 1.23 bits per heavy atom. The van der Waals surface area contributed by atoms with Crippen molar-refractivity contribution in [3.8, 4) is 11.1 Å². The summed E-state index contributed by atoms with van der Waals surface area (Å²) in [5, 5.41) is 4.87. The van der Waals surface area contributed by atoms with E-state index in [1.807, 2.05) is 11.3 Å². The minimum atomic E-state index is -0.124. The summed E-state index contributed by atoms with van der Waals surface area (Å²) in [5.74, 6) is 0. The number of anilines is 8. The van der Waals surface area contributed by atoms with Crippen LogP contribution in [0.3, 0.4) is 0 Å². The van der Waals surface area contributed by atoms with Crippen molar-refractivity contribution in [1.82, 2.24) is 0 Å². The first-order chi connectivity index (χ1) is 35.5. The smallest absolute Gasteiger partial charge is 0.252 e. The van der Waals surface area contributed by atoms with E-state index in [0.717, 1.165) is 34.0 Å². The van der Waals surface area contributed by atoms with Crippen LogP contribution in [0.25, 0.3) is 53.2 Å². The molecule has 0 spiro atoms. The molecule has 354 valence electrons. The van der Waals surface area contributed by atoms with E-state index in [1.54, 1.807) is 0 Å². The number of hydrogen-bond donors (Lipinski definition) is 0. The van der Waals surface area contributed by atoms with Crippen molar-refractivity contribution in [2.45, 2.75) is 83.6 Å². The van der Waals surface area contributed by atoms with E-state index in [4.69, 9.17) is 4.42 Å². The fraction of sp³-hybridized carbons (Fsp3) is 0.194. The molecule has 15 rings (SSSR count). The van der Waals surface area contributed by atoms with Gasteiger partial charge in [0.05, 0.1) is 21.6 Å². The van der Waals surface area contributed by atoms with Crippen LogP contribution < -0.4 is 31.1 Å². The Kier molecular flexibility index (Phi) is 9.00. The van der Waals surface area contributed by atoms with Crippen LogP contribution in [0.4, 0.5) is 45.5 Å². The van der Waals surface area contributed by atoms with Gasteiger partial charge in [-0.2, -0.15) is 0 Å². The van der Waals surface area contributed by atoms with Crippen LogP contribution >= 0.6 is 11.3 Å². The van der Waals surface area contributed by atoms with Gasteiger partial charge in [-0.05, 0) is 143 Å². The maximum Gasteiger partial charge on any atom is 0.252 e. The second-order valence-electron chi connectivity index (χ2n) is 22.8.